The summed E-state index contributed by atoms with van der Waals surface area (Å²) in [4.78, 5) is 27.3. The SMILES string of the molecule is CCc1ccccc1N1C(=O)CSC1c1cccc(NC(=O)c2ccc(OC)cc2)c1. The van der Waals surface area contributed by atoms with Crippen molar-refractivity contribution in [2.24, 2.45) is 0 Å². The summed E-state index contributed by atoms with van der Waals surface area (Å²) in [6.45, 7) is 2.09. The van der Waals surface area contributed by atoms with Crippen LogP contribution < -0.4 is 15.0 Å². The summed E-state index contributed by atoms with van der Waals surface area (Å²) < 4.78 is 5.15. The van der Waals surface area contributed by atoms with E-state index in [1.54, 1.807) is 43.1 Å². The Balaban J connectivity index is 1.58. The summed E-state index contributed by atoms with van der Waals surface area (Å²) in [5.41, 5.74) is 4.33. The van der Waals surface area contributed by atoms with Crippen molar-refractivity contribution in [1.29, 1.82) is 0 Å². The fourth-order valence-electron chi connectivity index (χ4n) is 3.69. The average Bonchev–Trinajstić information content (AvgIpc) is 3.20. The molecule has 158 valence electrons. The lowest BCUT2D eigenvalue weighted by Crippen LogP contribution is -2.28. The number of hydrogen-bond acceptors (Lipinski definition) is 4. The van der Waals surface area contributed by atoms with Crippen molar-refractivity contribution in [2.75, 3.05) is 23.1 Å². The molecule has 1 saturated heterocycles. The highest BCUT2D eigenvalue weighted by Crippen LogP contribution is 2.43. The first-order valence-corrected chi connectivity index (χ1v) is 11.2. The summed E-state index contributed by atoms with van der Waals surface area (Å²) in [5, 5.41) is 2.83. The van der Waals surface area contributed by atoms with Gasteiger partial charge in [-0.15, -0.1) is 11.8 Å². The molecule has 31 heavy (non-hydrogen) atoms. The number of ether oxygens (including phenoxy) is 1. The van der Waals surface area contributed by atoms with Gasteiger partial charge in [-0.3, -0.25) is 14.5 Å². The van der Waals surface area contributed by atoms with Gasteiger partial charge in [0.15, 0.2) is 0 Å². The van der Waals surface area contributed by atoms with Crippen LogP contribution >= 0.6 is 11.8 Å². The normalized spacial score (nSPS) is 15.7. The summed E-state index contributed by atoms with van der Waals surface area (Å²) in [6.07, 6.45) is 0.856. The summed E-state index contributed by atoms with van der Waals surface area (Å²) in [6, 6.07) is 22.7. The molecule has 4 rings (SSSR count). The molecule has 1 unspecified atom stereocenters. The number of carbonyl (C=O) groups is 2. The van der Waals surface area contributed by atoms with Crippen LogP contribution in [0.1, 0.15) is 33.8 Å². The monoisotopic (exact) mass is 432 g/mol. The molecule has 0 saturated carbocycles. The molecule has 1 heterocycles. The van der Waals surface area contributed by atoms with Crippen LogP contribution in [0.5, 0.6) is 5.75 Å². The summed E-state index contributed by atoms with van der Waals surface area (Å²) >= 11 is 1.60. The number of anilines is 2. The van der Waals surface area contributed by atoms with E-state index in [1.807, 2.05) is 47.4 Å². The molecule has 5 nitrogen and oxygen atoms in total. The van der Waals surface area contributed by atoms with Gasteiger partial charge in [0.1, 0.15) is 11.1 Å². The number of para-hydroxylation sites is 1. The van der Waals surface area contributed by atoms with Gasteiger partial charge in [-0.25, -0.2) is 0 Å². The molecular formula is C25H24N2O3S. The lowest BCUT2D eigenvalue weighted by molar-refractivity contribution is -0.115. The third-order valence-electron chi connectivity index (χ3n) is 5.28. The van der Waals surface area contributed by atoms with Gasteiger partial charge < -0.3 is 10.1 Å². The minimum Gasteiger partial charge on any atom is -0.497 e. The van der Waals surface area contributed by atoms with E-state index in [0.29, 0.717) is 22.8 Å². The molecule has 0 aromatic heterocycles. The Hall–Kier alpha value is -3.25. The van der Waals surface area contributed by atoms with Crippen molar-refractivity contribution < 1.29 is 14.3 Å². The van der Waals surface area contributed by atoms with Crippen molar-refractivity contribution >= 4 is 35.0 Å². The van der Waals surface area contributed by atoms with Crippen molar-refractivity contribution in [1.82, 2.24) is 0 Å². The minimum absolute atomic E-state index is 0.101. The van der Waals surface area contributed by atoms with Crippen LogP contribution in [0.4, 0.5) is 11.4 Å². The Morgan fingerprint density at radius 2 is 1.87 bits per heavy atom. The Kier molecular flexibility index (Phi) is 6.28. The predicted molar refractivity (Wildman–Crippen MR) is 126 cm³/mol. The molecule has 0 bridgehead atoms. The Bertz CT molecular complexity index is 1100. The zero-order valence-electron chi connectivity index (χ0n) is 17.5. The first-order chi connectivity index (χ1) is 15.1. The number of aryl methyl sites for hydroxylation is 1. The van der Waals surface area contributed by atoms with E-state index in [4.69, 9.17) is 4.74 Å². The maximum absolute atomic E-state index is 12.8. The van der Waals surface area contributed by atoms with Gasteiger partial charge in [0.2, 0.25) is 5.91 Å². The second-order valence-corrected chi connectivity index (χ2v) is 8.29. The van der Waals surface area contributed by atoms with Crippen LogP contribution in [0.2, 0.25) is 0 Å². The molecule has 6 heteroatoms. The smallest absolute Gasteiger partial charge is 0.255 e. The number of nitrogens with one attached hydrogen (secondary N) is 1. The van der Waals surface area contributed by atoms with Gasteiger partial charge in [0.25, 0.3) is 5.91 Å². The number of rotatable bonds is 6. The lowest BCUT2D eigenvalue weighted by atomic mass is 10.1. The first kappa shape index (κ1) is 21.0. The topological polar surface area (TPSA) is 58.6 Å². The summed E-state index contributed by atoms with van der Waals surface area (Å²) in [5.74, 6) is 1.05. The molecule has 1 N–H and O–H groups in total. The summed E-state index contributed by atoms with van der Waals surface area (Å²) in [7, 11) is 1.59. The number of methoxy groups -OCH3 is 1. The minimum atomic E-state index is -0.192. The van der Waals surface area contributed by atoms with Crippen LogP contribution in [0.3, 0.4) is 0 Å². The van der Waals surface area contributed by atoms with Crippen LogP contribution in [0.15, 0.2) is 72.8 Å². The third kappa shape index (κ3) is 4.44. The van der Waals surface area contributed by atoms with Crippen LogP contribution in [-0.2, 0) is 11.2 Å². The Morgan fingerprint density at radius 1 is 1.10 bits per heavy atom. The van der Waals surface area contributed by atoms with Gasteiger partial charge in [-0.1, -0.05) is 37.3 Å². The molecule has 2 amide bonds. The third-order valence-corrected chi connectivity index (χ3v) is 6.49. The second kappa shape index (κ2) is 9.27. The zero-order chi connectivity index (χ0) is 21.8. The van der Waals surface area contributed by atoms with Gasteiger partial charge in [0, 0.05) is 16.9 Å². The molecule has 0 spiro atoms. The van der Waals surface area contributed by atoms with Crippen LogP contribution in [-0.4, -0.2) is 24.7 Å². The predicted octanol–water partition coefficient (Wildman–Crippen LogP) is 5.29. The molecule has 3 aromatic rings. The largest absolute Gasteiger partial charge is 0.497 e. The molecule has 1 atom stereocenters. The van der Waals surface area contributed by atoms with E-state index in [9.17, 15) is 9.59 Å². The fraction of sp³-hybridized carbons (Fsp3) is 0.200. The van der Waals surface area contributed by atoms with E-state index >= 15 is 0 Å². The highest BCUT2D eigenvalue weighted by molar-refractivity contribution is 8.00. The van der Waals surface area contributed by atoms with Crippen molar-refractivity contribution in [3.05, 3.63) is 89.5 Å². The molecular weight excluding hydrogens is 408 g/mol. The second-order valence-electron chi connectivity index (χ2n) is 7.22. The molecule has 3 aromatic carbocycles. The van der Waals surface area contributed by atoms with Crippen LogP contribution in [0.25, 0.3) is 0 Å². The molecule has 0 radical (unpaired) electrons. The van der Waals surface area contributed by atoms with Gasteiger partial charge in [-0.05, 0) is 60.0 Å². The van der Waals surface area contributed by atoms with Gasteiger partial charge >= 0.3 is 0 Å². The zero-order valence-corrected chi connectivity index (χ0v) is 18.3. The van der Waals surface area contributed by atoms with E-state index in [1.165, 1.54) is 0 Å². The van der Waals surface area contributed by atoms with Crippen LogP contribution in [0, 0.1) is 0 Å². The van der Waals surface area contributed by atoms with Gasteiger partial charge in [-0.2, -0.15) is 0 Å². The Morgan fingerprint density at radius 3 is 2.61 bits per heavy atom. The van der Waals surface area contributed by atoms with E-state index in [2.05, 4.69) is 18.3 Å². The van der Waals surface area contributed by atoms with E-state index < -0.39 is 0 Å². The number of carbonyl (C=O) groups excluding carboxylic acids is 2. The van der Waals surface area contributed by atoms with E-state index in [-0.39, 0.29) is 17.2 Å². The lowest BCUT2D eigenvalue weighted by Gasteiger charge is -2.26. The van der Waals surface area contributed by atoms with Crippen molar-refractivity contribution in [3.63, 3.8) is 0 Å². The van der Waals surface area contributed by atoms with E-state index in [0.717, 1.165) is 23.2 Å². The quantitative estimate of drug-likeness (QED) is 0.575. The van der Waals surface area contributed by atoms with Gasteiger partial charge in [0.05, 0.1) is 12.9 Å². The number of thioether (sulfide) groups is 1. The number of hydrogen-bond donors (Lipinski definition) is 1. The molecule has 0 aliphatic carbocycles. The first-order valence-electron chi connectivity index (χ1n) is 10.2. The number of amides is 2. The molecule has 1 fully saturated rings. The highest BCUT2D eigenvalue weighted by atomic mass is 32.2. The maximum atomic E-state index is 12.8. The molecule has 1 aliphatic heterocycles. The highest BCUT2D eigenvalue weighted by Gasteiger charge is 2.35. The standard InChI is InChI=1S/C25H24N2O3S/c1-3-17-7-4-5-10-22(17)27-23(28)16-31-25(27)19-8-6-9-20(15-19)26-24(29)18-11-13-21(30-2)14-12-18/h4-15,25H,3,16H2,1-2H3,(H,26,29). The average molecular weight is 433 g/mol. The maximum Gasteiger partial charge on any atom is 0.255 e. The fourth-order valence-corrected chi connectivity index (χ4v) is 4.85. The number of benzene rings is 3. The van der Waals surface area contributed by atoms with Crippen molar-refractivity contribution in [2.45, 2.75) is 18.7 Å². The Labute approximate surface area is 186 Å². The van der Waals surface area contributed by atoms with Crippen molar-refractivity contribution in [3.8, 4) is 5.75 Å². The molecule has 1 aliphatic rings. The number of nitrogens with zero attached hydrogens (tertiary/aromatic N) is 1.